The molecule has 0 bridgehead atoms. The molecule has 0 aromatic carbocycles. The zero-order valence-corrected chi connectivity index (χ0v) is 11.2. The molecule has 0 aliphatic carbocycles. The van der Waals surface area contributed by atoms with Crippen molar-refractivity contribution in [3.63, 3.8) is 0 Å². The molecule has 5 heteroatoms. The lowest BCUT2D eigenvalue weighted by atomic mass is 9.97. The minimum Gasteiger partial charge on any atom is -0.381 e. The molecule has 1 aromatic rings. The van der Waals surface area contributed by atoms with Gasteiger partial charge in [-0.3, -0.25) is 4.68 Å². The Morgan fingerprint density at radius 2 is 2.41 bits per heavy atom. The Balaban J connectivity index is 2.11. The minimum absolute atomic E-state index is 0.0564. The van der Waals surface area contributed by atoms with E-state index in [1.54, 1.807) is 6.20 Å². The third-order valence-corrected chi connectivity index (χ3v) is 3.53. The van der Waals surface area contributed by atoms with E-state index in [-0.39, 0.29) is 12.1 Å². The van der Waals surface area contributed by atoms with E-state index in [2.05, 4.69) is 18.9 Å². The van der Waals surface area contributed by atoms with Crippen LogP contribution in [0.1, 0.15) is 44.5 Å². The average molecular weight is 258 g/mol. The topological polar surface area (TPSA) is 53.1 Å². The van der Waals surface area contributed by atoms with Crippen molar-refractivity contribution in [3.05, 3.63) is 16.9 Å². The molecule has 2 N–H and O–H groups in total. The molecular weight excluding hydrogens is 238 g/mol. The standard InChI is InChI=1S/C12H20ClN3O/c1-8(2)16-12(10(13)6-15-16)11(14)5-9-3-4-17-7-9/h6,8-9,11H,3-5,7,14H2,1-2H3. The summed E-state index contributed by atoms with van der Waals surface area (Å²) in [5.74, 6) is 0.552. The first kappa shape index (κ1) is 12.9. The lowest BCUT2D eigenvalue weighted by Crippen LogP contribution is -2.21. The summed E-state index contributed by atoms with van der Waals surface area (Å²) in [6.07, 6.45) is 3.70. The van der Waals surface area contributed by atoms with Crippen molar-refractivity contribution in [2.75, 3.05) is 13.2 Å². The van der Waals surface area contributed by atoms with Crippen LogP contribution in [0.5, 0.6) is 0 Å². The molecule has 4 nitrogen and oxygen atoms in total. The monoisotopic (exact) mass is 257 g/mol. The van der Waals surface area contributed by atoms with E-state index < -0.39 is 0 Å². The molecule has 1 aromatic heterocycles. The van der Waals surface area contributed by atoms with Gasteiger partial charge < -0.3 is 10.5 Å². The second-order valence-electron chi connectivity index (χ2n) is 4.99. The van der Waals surface area contributed by atoms with Crippen molar-refractivity contribution in [1.29, 1.82) is 0 Å². The summed E-state index contributed by atoms with van der Waals surface area (Å²) >= 11 is 6.17. The van der Waals surface area contributed by atoms with Crippen LogP contribution in [-0.4, -0.2) is 23.0 Å². The predicted octanol–water partition coefficient (Wildman–Crippen LogP) is 2.54. The van der Waals surface area contributed by atoms with E-state index >= 15 is 0 Å². The molecule has 2 atom stereocenters. The van der Waals surface area contributed by atoms with Crippen LogP contribution in [0.15, 0.2) is 6.20 Å². The molecule has 0 saturated carbocycles. The summed E-state index contributed by atoms with van der Waals surface area (Å²) in [6, 6.07) is 0.225. The average Bonchev–Trinajstić information content (AvgIpc) is 2.86. The Bertz CT molecular complexity index is 372. The van der Waals surface area contributed by atoms with Crippen LogP contribution in [0, 0.1) is 5.92 Å². The molecule has 0 spiro atoms. The first-order valence-electron chi connectivity index (χ1n) is 6.15. The first-order valence-corrected chi connectivity index (χ1v) is 6.53. The molecule has 0 amide bonds. The van der Waals surface area contributed by atoms with E-state index in [9.17, 15) is 0 Å². The van der Waals surface area contributed by atoms with Crippen molar-refractivity contribution in [3.8, 4) is 0 Å². The number of hydrogen-bond acceptors (Lipinski definition) is 3. The molecule has 96 valence electrons. The Labute approximate surface area is 107 Å². The lowest BCUT2D eigenvalue weighted by molar-refractivity contribution is 0.182. The first-order chi connectivity index (χ1) is 8.09. The fourth-order valence-electron chi connectivity index (χ4n) is 2.35. The summed E-state index contributed by atoms with van der Waals surface area (Å²) < 4.78 is 7.29. The summed E-state index contributed by atoms with van der Waals surface area (Å²) in [5, 5.41) is 4.96. The maximum Gasteiger partial charge on any atom is 0.0834 e. The van der Waals surface area contributed by atoms with E-state index in [1.807, 2.05) is 4.68 Å². The van der Waals surface area contributed by atoms with Crippen LogP contribution >= 0.6 is 11.6 Å². The molecule has 2 rings (SSSR count). The van der Waals surface area contributed by atoms with E-state index in [4.69, 9.17) is 22.1 Å². The van der Waals surface area contributed by atoms with Gasteiger partial charge in [0.25, 0.3) is 0 Å². The molecule has 1 aliphatic heterocycles. The SMILES string of the molecule is CC(C)n1ncc(Cl)c1C(N)CC1CCOC1. The van der Waals surface area contributed by atoms with E-state index in [0.29, 0.717) is 10.9 Å². The third-order valence-electron chi connectivity index (χ3n) is 3.24. The molecule has 1 saturated heterocycles. The minimum atomic E-state index is -0.0564. The number of aromatic nitrogens is 2. The van der Waals surface area contributed by atoms with Crippen LogP contribution in [-0.2, 0) is 4.74 Å². The van der Waals surface area contributed by atoms with Gasteiger partial charge in [-0.1, -0.05) is 11.6 Å². The smallest absolute Gasteiger partial charge is 0.0834 e. The van der Waals surface area contributed by atoms with Gasteiger partial charge in [0.2, 0.25) is 0 Å². The van der Waals surface area contributed by atoms with Gasteiger partial charge in [0.05, 0.1) is 16.9 Å². The molecule has 1 aliphatic rings. The van der Waals surface area contributed by atoms with Crippen LogP contribution in [0.4, 0.5) is 0 Å². The highest BCUT2D eigenvalue weighted by Gasteiger charge is 2.24. The summed E-state index contributed by atoms with van der Waals surface area (Å²) in [7, 11) is 0. The largest absolute Gasteiger partial charge is 0.381 e. The van der Waals surface area contributed by atoms with Crippen LogP contribution < -0.4 is 5.73 Å². The Kier molecular flexibility index (Phi) is 4.07. The van der Waals surface area contributed by atoms with Crippen LogP contribution in [0.25, 0.3) is 0 Å². The zero-order chi connectivity index (χ0) is 12.4. The second-order valence-corrected chi connectivity index (χ2v) is 5.40. The normalized spacial score (nSPS) is 22.3. The maximum absolute atomic E-state index is 6.26. The highest BCUT2D eigenvalue weighted by atomic mass is 35.5. The Hall–Kier alpha value is -0.580. The number of nitrogens with zero attached hydrogens (tertiary/aromatic N) is 2. The highest BCUT2D eigenvalue weighted by Crippen LogP contribution is 2.30. The molecular formula is C12H20ClN3O. The Morgan fingerprint density at radius 3 is 3.00 bits per heavy atom. The van der Waals surface area contributed by atoms with Crippen molar-refractivity contribution in [1.82, 2.24) is 9.78 Å². The quantitative estimate of drug-likeness (QED) is 0.902. The second kappa shape index (κ2) is 5.38. The third kappa shape index (κ3) is 2.81. The van der Waals surface area contributed by atoms with Crippen molar-refractivity contribution >= 4 is 11.6 Å². The molecule has 17 heavy (non-hydrogen) atoms. The van der Waals surface area contributed by atoms with Crippen molar-refractivity contribution < 1.29 is 4.74 Å². The lowest BCUT2D eigenvalue weighted by Gasteiger charge is -2.19. The predicted molar refractivity (Wildman–Crippen MR) is 68.1 cm³/mol. The maximum atomic E-state index is 6.26. The number of halogens is 1. The highest BCUT2D eigenvalue weighted by molar-refractivity contribution is 6.31. The molecule has 2 heterocycles. The number of ether oxygens (including phenoxy) is 1. The van der Waals surface area contributed by atoms with E-state index in [0.717, 1.165) is 31.7 Å². The zero-order valence-electron chi connectivity index (χ0n) is 10.4. The number of rotatable bonds is 4. The fourth-order valence-corrected chi connectivity index (χ4v) is 2.62. The molecule has 2 unspecified atom stereocenters. The summed E-state index contributed by atoms with van der Waals surface area (Å²) in [4.78, 5) is 0. The number of hydrogen-bond donors (Lipinski definition) is 1. The van der Waals surface area contributed by atoms with Gasteiger partial charge in [-0.25, -0.2) is 0 Å². The van der Waals surface area contributed by atoms with Gasteiger partial charge in [0.1, 0.15) is 0 Å². The molecule has 0 radical (unpaired) electrons. The van der Waals surface area contributed by atoms with Gasteiger partial charge in [-0.2, -0.15) is 5.10 Å². The molecule has 1 fully saturated rings. The van der Waals surface area contributed by atoms with Gasteiger partial charge in [-0.15, -0.1) is 0 Å². The van der Waals surface area contributed by atoms with Gasteiger partial charge in [0, 0.05) is 25.3 Å². The summed E-state index contributed by atoms with van der Waals surface area (Å²) in [5.41, 5.74) is 7.21. The fraction of sp³-hybridized carbons (Fsp3) is 0.750. The van der Waals surface area contributed by atoms with Gasteiger partial charge >= 0.3 is 0 Å². The Morgan fingerprint density at radius 1 is 1.65 bits per heavy atom. The van der Waals surface area contributed by atoms with Crippen molar-refractivity contribution in [2.45, 2.75) is 38.8 Å². The van der Waals surface area contributed by atoms with Crippen molar-refractivity contribution in [2.24, 2.45) is 11.7 Å². The van der Waals surface area contributed by atoms with Gasteiger partial charge in [-0.05, 0) is 32.6 Å². The van der Waals surface area contributed by atoms with Crippen LogP contribution in [0.2, 0.25) is 5.02 Å². The van der Waals surface area contributed by atoms with Gasteiger partial charge in [0.15, 0.2) is 0 Å². The van der Waals surface area contributed by atoms with Crippen LogP contribution in [0.3, 0.4) is 0 Å². The number of nitrogens with two attached hydrogens (primary N) is 1. The summed E-state index contributed by atoms with van der Waals surface area (Å²) in [6.45, 7) is 5.84. The van der Waals surface area contributed by atoms with E-state index in [1.165, 1.54) is 0 Å².